The van der Waals surface area contributed by atoms with Crippen LogP contribution >= 0.6 is 0 Å². The zero-order valence-electron chi connectivity index (χ0n) is 16.8. The number of nitrogens with zero attached hydrogens (tertiary/aromatic N) is 2. The Morgan fingerprint density at radius 2 is 0.867 bits per heavy atom. The van der Waals surface area contributed by atoms with E-state index in [2.05, 4.69) is 0 Å². The van der Waals surface area contributed by atoms with E-state index in [4.69, 9.17) is 11.5 Å². The molecular formula is C22H26N4O4. The van der Waals surface area contributed by atoms with Crippen molar-refractivity contribution >= 4 is 21.5 Å². The van der Waals surface area contributed by atoms with Gasteiger partial charge in [0.1, 0.15) is 0 Å². The van der Waals surface area contributed by atoms with Crippen LogP contribution in [0.5, 0.6) is 0 Å². The van der Waals surface area contributed by atoms with Gasteiger partial charge in [-0.2, -0.15) is 0 Å². The molecule has 2 aliphatic carbocycles. The van der Waals surface area contributed by atoms with Crippen molar-refractivity contribution in [2.24, 2.45) is 11.5 Å². The number of fused-ring (bicyclic) bond motifs is 2. The summed E-state index contributed by atoms with van der Waals surface area (Å²) in [6.07, 6.45) is 6.68. The number of hydrogen-bond donors (Lipinski definition) is 2. The van der Waals surface area contributed by atoms with Crippen LogP contribution in [0.3, 0.4) is 0 Å². The van der Waals surface area contributed by atoms with Gasteiger partial charge >= 0.3 is 0 Å². The molecule has 2 aliphatic rings. The van der Waals surface area contributed by atoms with Gasteiger partial charge in [0.05, 0.1) is 33.6 Å². The summed E-state index contributed by atoms with van der Waals surface area (Å²) in [5.74, 6) is 0. The van der Waals surface area contributed by atoms with Crippen molar-refractivity contribution < 1.29 is 0 Å². The van der Waals surface area contributed by atoms with Crippen molar-refractivity contribution in [2.75, 3.05) is 0 Å². The molecule has 0 saturated heterocycles. The average Bonchev–Trinajstić information content (AvgIpc) is 3.12. The van der Waals surface area contributed by atoms with Crippen molar-refractivity contribution in [1.29, 1.82) is 0 Å². The number of nitrogens with two attached hydrogens (primary N) is 2. The molecule has 2 saturated carbocycles. The molecule has 3 aromatic rings. The molecule has 0 aliphatic heterocycles. The third-order valence-electron chi connectivity index (χ3n) is 7.18. The Balaban J connectivity index is 1.73. The maximum absolute atomic E-state index is 13.1. The summed E-state index contributed by atoms with van der Waals surface area (Å²) in [7, 11) is 0. The van der Waals surface area contributed by atoms with Crippen LogP contribution < -0.4 is 33.7 Å². The van der Waals surface area contributed by atoms with E-state index in [-0.39, 0.29) is 45.7 Å². The van der Waals surface area contributed by atoms with Gasteiger partial charge < -0.3 is 11.5 Å². The largest absolute Gasteiger partial charge is 0.326 e. The molecular weight excluding hydrogens is 384 g/mol. The van der Waals surface area contributed by atoms with Crippen LogP contribution in [0.2, 0.25) is 0 Å². The Labute approximate surface area is 171 Å². The molecule has 8 nitrogen and oxygen atoms in total. The second-order valence-electron chi connectivity index (χ2n) is 8.94. The summed E-state index contributed by atoms with van der Waals surface area (Å²) in [6.45, 7) is 0. The molecule has 2 fully saturated rings. The SMILES string of the molecule is N[C@H]1CCCCC1n1c(=O)c2cc3c(=O)n([C@H]4CCCC[C@@H]4N)c(=O)c3cc2c1=O. The lowest BCUT2D eigenvalue weighted by Gasteiger charge is -2.28. The van der Waals surface area contributed by atoms with Crippen molar-refractivity contribution in [3.8, 4) is 0 Å². The maximum atomic E-state index is 13.1. The minimum atomic E-state index is -0.423. The smallest absolute Gasteiger partial charge is 0.261 e. The molecule has 2 aromatic heterocycles. The molecule has 0 radical (unpaired) electrons. The first-order chi connectivity index (χ1) is 14.4. The second-order valence-corrected chi connectivity index (χ2v) is 8.94. The van der Waals surface area contributed by atoms with Crippen LogP contribution in [0, 0.1) is 0 Å². The highest BCUT2D eigenvalue weighted by atomic mass is 16.2. The molecule has 0 amide bonds. The van der Waals surface area contributed by atoms with E-state index in [0.717, 1.165) is 38.5 Å². The van der Waals surface area contributed by atoms with Crippen LogP contribution in [-0.4, -0.2) is 21.2 Å². The van der Waals surface area contributed by atoms with Gasteiger partial charge in [-0.1, -0.05) is 25.7 Å². The lowest BCUT2D eigenvalue weighted by atomic mass is 9.91. The molecule has 158 valence electrons. The van der Waals surface area contributed by atoms with E-state index in [0.29, 0.717) is 12.8 Å². The van der Waals surface area contributed by atoms with Gasteiger partial charge in [-0.3, -0.25) is 28.3 Å². The van der Waals surface area contributed by atoms with Crippen LogP contribution in [-0.2, 0) is 0 Å². The highest BCUT2D eigenvalue weighted by Gasteiger charge is 2.31. The maximum Gasteiger partial charge on any atom is 0.261 e. The fraction of sp³-hybridized carbons (Fsp3) is 0.545. The quantitative estimate of drug-likeness (QED) is 0.643. The summed E-state index contributed by atoms with van der Waals surface area (Å²) < 4.78 is 2.49. The van der Waals surface area contributed by atoms with E-state index in [1.54, 1.807) is 0 Å². The predicted octanol–water partition coefficient (Wildman–Crippen LogP) is 0.797. The number of rotatable bonds is 2. The first-order valence-electron chi connectivity index (χ1n) is 10.8. The van der Waals surface area contributed by atoms with Crippen molar-refractivity contribution in [2.45, 2.75) is 75.5 Å². The van der Waals surface area contributed by atoms with Crippen LogP contribution in [0.15, 0.2) is 31.3 Å². The van der Waals surface area contributed by atoms with Crippen LogP contribution in [0.4, 0.5) is 0 Å². The lowest BCUT2D eigenvalue weighted by Crippen LogP contribution is -2.42. The van der Waals surface area contributed by atoms with E-state index >= 15 is 0 Å². The average molecular weight is 410 g/mol. The van der Waals surface area contributed by atoms with E-state index < -0.39 is 22.2 Å². The second kappa shape index (κ2) is 6.99. The molecule has 8 heteroatoms. The summed E-state index contributed by atoms with van der Waals surface area (Å²) in [5.41, 5.74) is 10.7. The highest BCUT2D eigenvalue weighted by Crippen LogP contribution is 2.28. The zero-order valence-corrected chi connectivity index (χ0v) is 16.8. The highest BCUT2D eigenvalue weighted by molar-refractivity contribution is 5.97. The molecule has 0 spiro atoms. The number of aromatic nitrogens is 2. The van der Waals surface area contributed by atoms with E-state index in [1.165, 1.54) is 21.3 Å². The van der Waals surface area contributed by atoms with Gasteiger partial charge in [-0.05, 0) is 37.8 Å². The summed E-state index contributed by atoms with van der Waals surface area (Å²) in [5, 5.41) is 0.750. The molecule has 30 heavy (non-hydrogen) atoms. The van der Waals surface area contributed by atoms with Crippen molar-refractivity contribution in [3.05, 3.63) is 53.5 Å². The summed E-state index contributed by atoms with van der Waals surface area (Å²) >= 11 is 0. The van der Waals surface area contributed by atoms with E-state index in [9.17, 15) is 19.2 Å². The van der Waals surface area contributed by atoms with Crippen LogP contribution in [0.1, 0.15) is 63.5 Å². The zero-order chi connectivity index (χ0) is 21.2. The predicted molar refractivity (Wildman–Crippen MR) is 116 cm³/mol. The Kier molecular flexibility index (Phi) is 4.52. The summed E-state index contributed by atoms with van der Waals surface area (Å²) in [4.78, 5) is 52.4. The Hall–Kier alpha value is -2.58. The van der Waals surface area contributed by atoms with Gasteiger partial charge in [-0.15, -0.1) is 0 Å². The standard InChI is InChI=1S/C22H26N4O4/c23-15-5-1-3-7-17(15)25-19(27)11-9-13-14(10-12(11)20(25)28)22(30)26(21(13)29)18-8-4-2-6-16(18)24/h9-10,15-18H,1-8,23-24H2/t15-,16-,17-,18?/m0/s1. The molecule has 1 aromatic carbocycles. The Morgan fingerprint density at radius 3 is 1.17 bits per heavy atom. The number of benzene rings is 1. The van der Waals surface area contributed by atoms with E-state index in [1.807, 2.05) is 0 Å². The minimum absolute atomic E-state index is 0.187. The first kappa shape index (κ1) is 19.4. The fourth-order valence-electron chi connectivity index (χ4n) is 5.53. The van der Waals surface area contributed by atoms with Gasteiger partial charge in [0.25, 0.3) is 22.2 Å². The lowest BCUT2D eigenvalue weighted by molar-refractivity contribution is 0.298. The van der Waals surface area contributed by atoms with Crippen molar-refractivity contribution in [3.63, 3.8) is 0 Å². The molecule has 4 N–H and O–H groups in total. The molecule has 5 rings (SSSR count). The monoisotopic (exact) mass is 410 g/mol. The van der Waals surface area contributed by atoms with Gasteiger partial charge in [0.2, 0.25) is 0 Å². The Morgan fingerprint density at radius 1 is 0.567 bits per heavy atom. The minimum Gasteiger partial charge on any atom is -0.326 e. The van der Waals surface area contributed by atoms with Gasteiger partial charge in [0, 0.05) is 12.1 Å². The van der Waals surface area contributed by atoms with Crippen molar-refractivity contribution in [1.82, 2.24) is 9.13 Å². The molecule has 2 heterocycles. The summed E-state index contributed by atoms with van der Waals surface area (Å²) in [6, 6.07) is 1.66. The van der Waals surface area contributed by atoms with Crippen LogP contribution in [0.25, 0.3) is 21.5 Å². The molecule has 0 bridgehead atoms. The fourth-order valence-corrected chi connectivity index (χ4v) is 5.53. The molecule has 1 unspecified atom stereocenters. The third kappa shape index (κ3) is 2.66. The first-order valence-corrected chi connectivity index (χ1v) is 10.8. The Bertz CT molecular complexity index is 1170. The third-order valence-corrected chi connectivity index (χ3v) is 7.18. The topological polar surface area (TPSA) is 130 Å². The van der Waals surface area contributed by atoms with Gasteiger partial charge in [-0.25, -0.2) is 0 Å². The number of hydrogen-bond acceptors (Lipinski definition) is 6. The molecule has 4 atom stereocenters. The normalized spacial score (nSPS) is 27.8. The van der Waals surface area contributed by atoms with Gasteiger partial charge in [0.15, 0.2) is 0 Å².